The van der Waals surface area contributed by atoms with Gasteiger partial charge in [0, 0.05) is 25.0 Å². The minimum Gasteiger partial charge on any atom is -0.492 e. The summed E-state index contributed by atoms with van der Waals surface area (Å²) in [6.45, 7) is 4.31. The van der Waals surface area contributed by atoms with Crippen LogP contribution in [0.3, 0.4) is 0 Å². The van der Waals surface area contributed by atoms with Crippen molar-refractivity contribution in [2.45, 2.75) is 20.3 Å². The lowest BCUT2D eigenvalue weighted by molar-refractivity contribution is 0.335. The van der Waals surface area contributed by atoms with E-state index in [0.29, 0.717) is 24.2 Å². The molecule has 134 valence electrons. The van der Waals surface area contributed by atoms with E-state index in [1.165, 1.54) is 0 Å². The van der Waals surface area contributed by atoms with Gasteiger partial charge in [-0.1, -0.05) is 18.2 Å². The average Bonchev–Trinajstić information content (AvgIpc) is 2.65. The topological polar surface area (TPSA) is 87.1 Å². The molecule has 0 aliphatic carbocycles. The molecule has 2 aromatic heterocycles. The summed E-state index contributed by atoms with van der Waals surface area (Å²) in [6.07, 6.45) is 13.3. The number of allylic oxidation sites excluding steroid dienone is 5. The number of hydrogen-bond acceptors (Lipinski definition) is 5. The summed E-state index contributed by atoms with van der Waals surface area (Å²) in [5.41, 5.74) is 9.80. The molecule has 0 radical (unpaired) electrons. The van der Waals surface area contributed by atoms with Gasteiger partial charge < -0.3 is 9.30 Å². The van der Waals surface area contributed by atoms with Gasteiger partial charge in [0.05, 0.1) is 18.0 Å². The zero-order valence-corrected chi connectivity index (χ0v) is 15.0. The summed E-state index contributed by atoms with van der Waals surface area (Å²) in [5, 5.41) is 11.3. The fraction of sp³-hybridized carbons (Fsp3) is 0.200. The van der Waals surface area contributed by atoms with Crippen molar-refractivity contribution in [3.05, 3.63) is 83.4 Å². The van der Waals surface area contributed by atoms with Crippen molar-refractivity contribution in [2.75, 3.05) is 6.61 Å². The Kier molecular flexibility index (Phi) is 7.24. The number of aromatic nitrogens is 2. The number of rotatable bonds is 8. The summed E-state index contributed by atoms with van der Waals surface area (Å²) in [4.78, 5) is 4.41. The van der Waals surface area contributed by atoms with Gasteiger partial charge >= 0.3 is 0 Å². The standard InChI is InChI=1S/C20H23N5O/c1-3-26-19-9-7-12-23-18(19)14-17-10-11-20(21)25(15-17)13-6-4-5-8-16(2)24-22/h4-13,15,21-22H,3,14H2,1-2H3/b5-4+,13-6+,16-8-,21-20?,24-22?. The van der Waals surface area contributed by atoms with Crippen molar-refractivity contribution in [1.82, 2.24) is 9.55 Å². The van der Waals surface area contributed by atoms with Crippen LogP contribution in [0.25, 0.3) is 6.20 Å². The summed E-state index contributed by atoms with van der Waals surface area (Å²) < 4.78 is 7.37. The highest BCUT2D eigenvalue weighted by Gasteiger charge is 2.06. The second-order valence-corrected chi connectivity index (χ2v) is 5.53. The van der Waals surface area contributed by atoms with E-state index in [-0.39, 0.29) is 0 Å². The molecule has 6 nitrogen and oxygen atoms in total. The first kappa shape index (κ1) is 19.1. The Bertz CT molecular complexity index is 893. The van der Waals surface area contributed by atoms with Crippen LogP contribution in [0.1, 0.15) is 25.1 Å². The highest BCUT2D eigenvalue weighted by Crippen LogP contribution is 2.18. The number of pyridine rings is 2. The van der Waals surface area contributed by atoms with E-state index in [9.17, 15) is 0 Å². The SMILES string of the molecule is CCOc1cccnc1Cc1ccc(=N)n(/C=C/C=C/C=C(/C)N=N)c1. The third-order valence-corrected chi connectivity index (χ3v) is 3.54. The second-order valence-electron chi connectivity index (χ2n) is 5.53. The molecule has 0 aromatic carbocycles. The van der Waals surface area contributed by atoms with Crippen LogP contribution in [-0.2, 0) is 6.42 Å². The van der Waals surface area contributed by atoms with Crippen molar-refractivity contribution < 1.29 is 4.74 Å². The average molecular weight is 349 g/mol. The molecule has 0 unspecified atom stereocenters. The summed E-state index contributed by atoms with van der Waals surface area (Å²) >= 11 is 0. The van der Waals surface area contributed by atoms with E-state index in [2.05, 4.69) is 10.1 Å². The van der Waals surface area contributed by atoms with Gasteiger partial charge in [0.2, 0.25) is 0 Å². The zero-order chi connectivity index (χ0) is 18.8. The van der Waals surface area contributed by atoms with E-state index in [1.807, 2.05) is 49.7 Å². The molecule has 0 aliphatic rings. The van der Waals surface area contributed by atoms with Gasteiger partial charge in [-0.3, -0.25) is 10.4 Å². The minimum absolute atomic E-state index is 0.386. The Morgan fingerprint density at radius 1 is 1.27 bits per heavy atom. The predicted octanol–water partition coefficient (Wildman–Crippen LogP) is 4.31. The van der Waals surface area contributed by atoms with Gasteiger partial charge in [-0.2, -0.15) is 5.11 Å². The Morgan fingerprint density at radius 3 is 2.88 bits per heavy atom. The van der Waals surface area contributed by atoms with Crippen molar-refractivity contribution in [3.8, 4) is 5.75 Å². The van der Waals surface area contributed by atoms with Crippen LogP contribution in [0.5, 0.6) is 5.75 Å². The van der Waals surface area contributed by atoms with Crippen LogP contribution < -0.4 is 10.2 Å². The number of hydrogen-bond donors (Lipinski definition) is 2. The third kappa shape index (κ3) is 5.66. The minimum atomic E-state index is 0.386. The van der Waals surface area contributed by atoms with Gasteiger partial charge in [-0.15, -0.1) is 0 Å². The molecule has 0 fully saturated rings. The van der Waals surface area contributed by atoms with E-state index in [0.717, 1.165) is 17.0 Å². The fourth-order valence-corrected chi connectivity index (χ4v) is 2.27. The molecule has 0 aliphatic heterocycles. The normalized spacial score (nSPS) is 12.0. The monoisotopic (exact) mass is 349 g/mol. The molecule has 26 heavy (non-hydrogen) atoms. The van der Waals surface area contributed by atoms with Gasteiger partial charge in [0.25, 0.3) is 0 Å². The zero-order valence-electron chi connectivity index (χ0n) is 15.0. The van der Waals surface area contributed by atoms with Crippen LogP contribution in [0.15, 0.2) is 71.8 Å². The maximum Gasteiger partial charge on any atom is 0.141 e. The Hall–Kier alpha value is -3.28. The Morgan fingerprint density at radius 2 is 2.12 bits per heavy atom. The van der Waals surface area contributed by atoms with E-state index in [1.54, 1.807) is 35.9 Å². The molecule has 0 atom stereocenters. The third-order valence-electron chi connectivity index (χ3n) is 3.54. The van der Waals surface area contributed by atoms with Gasteiger partial charge in [-0.05, 0) is 49.8 Å². The molecule has 0 saturated heterocycles. The molecule has 6 heteroatoms. The van der Waals surface area contributed by atoms with Crippen molar-refractivity contribution in [3.63, 3.8) is 0 Å². The maximum atomic E-state index is 8.03. The van der Waals surface area contributed by atoms with Crippen LogP contribution in [0, 0.1) is 10.9 Å². The van der Waals surface area contributed by atoms with Crippen molar-refractivity contribution in [2.24, 2.45) is 5.11 Å². The lowest BCUT2D eigenvalue weighted by atomic mass is 10.1. The second kappa shape index (κ2) is 9.88. The van der Waals surface area contributed by atoms with Gasteiger partial charge in [0.1, 0.15) is 11.2 Å². The van der Waals surface area contributed by atoms with E-state index >= 15 is 0 Å². The first-order valence-corrected chi connectivity index (χ1v) is 8.35. The quantitative estimate of drug-likeness (QED) is 0.549. The van der Waals surface area contributed by atoms with Gasteiger partial charge in [0.15, 0.2) is 0 Å². The molecular formula is C20H23N5O. The van der Waals surface area contributed by atoms with Crippen LogP contribution in [0.4, 0.5) is 0 Å². The van der Waals surface area contributed by atoms with Crippen LogP contribution >= 0.6 is 0 Å². The maximum absolute atomic E-state index is 8.03. The summed E-state index contributed by atoms with van der Waals surface area (Å²) in [6, 6.07) is 7.47. The Labute approximate surface area is 153 Å². The highest BCUT2D eigenvalue weighted by atomic mass is 16.5. The molecule has 2 rings (SSSR count). The largest absolute Gasteiger partial charge is 0.492 e. The molecule has 0 saturated carbocycles. The highest BCUT2D eigenvalue weighted by molar-refractivity contribution is 5.34. The summed E-state index contributed by atoms with van der Waals surface area (Å²) in [5.74, 6) is 0.789. The molecular weight excluding hydrogens is 326 g/mol. The van der Waals surface area contributed by atoms with Crippen molar-refractivity contribution >= 4 is 6.20 Å². The van der Waals surface area contributed by atoms with Crippen molar-refractivity contribution in [1.29, 1.82) is 10.9 Å². The number of ether oxygens (including phenoxy) is 1. The number of nitrogens with one attached hydrogen (secondary N) is 2. The molecule has 0 amide bonds. The first-order chi connectivity index (χ1) is 12.6. The molecule has 2 N–H and O–H groups in total. The van der Waals surface area contributed by atoms with Crippen LogP contribution in [0.2, 0.25) is 0 Å². The Balaban J connectivity index is 2.17. The first-order valence-electron chi connectivity index (χ1n) is 8.35. The lowest BCUT2D eigenvalue weighted by Crippen LogP contribution is -2.14. The van der Waals surface area contributed by atoms with Crippen LogP contribution in [-0.4, -0.2) is 16.2 Å². The molecule has 2 aromatic rings. The number of nitrogens with zero attached hydrogens (tertiary/aromatic N) is 3. The van der Waals surface area contributed by atoms with E-state index in [4.69, 9.17) is 15.7 Å². The van der Waals surface area contributed by atoms with Gasteiger partial charge in [-0.25, -0.2) is 5.53 Å². The predicted molar refractivity (Wildman–Crippen MR) is 102 cm³/mol. The smallest absolute Gasteiger partial charge is 0.141 e. The van der Waals surface area contributed by atoms with E-state index < -0.39 is 0 Å². The molecule has 0 spiro atoms. The summed E-state index contributed by atoms with van der Waals surface area (Å²) in [7, 11) is 0. The molecule has 0 bridgehead atoms. The molecule has 2 heterocycles. The lowest BCUT2D eigenvalue weighted by Gasteiger charge is -2.10. The fourth-order valence-electron chi connectivity index (χ4n) is 2.27.